The van der Waals surface area contributed by atoms with Crippen LogP contribution in [0.1, 0.15) is 23.7 Å². The molecule has 2 aromatic carbocycles. The highest BCUT2D eigenvalue weighted by Crippen LogP contribution is 2.43. The first kappa shape index (κ1) is 29.5. The van der Waals surface area contributed by atoms with Crippen LogP contribution in [0.3, 0.4) is 0 Å². The van der Waals surface area contributed by atoms with Gasteiger partial charge in [-0.05, 0) is 55.5 Å². The van der Waals surface area contributed by atoms with Crippen LogP contribution in [-0.2, 0) is 29.9 Å². The Morgan fingerprint density at radius 2 is 1.50 bits per heavy atom. The highest BCUT2D eigenvalue weighted by atomic mass is 31.2. The summed E-state index contributed by atoms with van der Waals surface area (Å²) in [4.78, 5) is 4.40. The number of aromatic nitrogens is 1. The Morgan fingerprint density at radius 3 is 2.16 bits per heavy atom. The van der Waals surface area contributed by atoms with Gasteiger partial charge < -0.3 is 28.6 Å². The number of benzene rings is 2. The van der Waals surface area contributed by atoms with Crippen molar-refractivity contribution in [2.45, 2.75) is 13.5 Å². The van der Waals surface area contributed by atoms with Gasteiger partial charge in [0.05, 0.1) is 51.9 Å². The highest BCUT2D eigenvalue weighted by Gasteiger charge is 2.30. The summed E-state index contributed by atoms with van der Waals surface area (Å²) in [7, 11) is -1.81. The highest BCUT2D eigenvalue weighted by molar-refractivity contribution is 7.74. The maximum Gasteiger partial charge on any atom is 0.279 e. The molecular weight excluding hydrogens is 505 g/mol. The van der Waals surface area contributed by atoms with E-state index in [1.54, 1.807) is 50.4 Å². The van der Waals surface area contributed by atoms with Gasteiger partial charge in [-0.25, -0.2) is 4.98 Å². The molecule has 0 saturated carbocycles. The third-order valence-electron chi connectivity index (χ3n) is 5.24. The largest absolute Gasteiger partial charge is 0.491 e. The molecule has 38 heavy (non-hydrogen) atoms. The summed E-state index contributed by atoms with van der Waals surface area (Å²) in [5.74, 6) is 6.90. The lowest BCUT2D eigenvalue weighted by Gasteiger charge is -2.18. The number of hydrogen-bond donors (Lipinski definition) is 1. The van der Waals surface area contributed by atoms with Gasteiger partial charge >= 0.3 is 0 Å². The molecule has 0 bridgehead atoms. The van der Waals surface area contributed by atoms with Gasteiger partial charge in [-0.3, -0.25) is 4.57 Å². The third-order valence-corrected chi connectivity index (χ3v) is 7.67. The molecule has 1 N–H and O–H groups in total. The van der Waals surface area contributed by atoms with Gasteiger partial charge in [0.1, 0.15) is 17.8 Å². The van der Waals surface area contributed by atoms with Crippen molar-refractivity contribution in [2.75, 3.05) is 53.4 Å². The van der Waals surface area contributed by atoms with Gasteiger partial charge in [0, 0.05) is 23.5 Å². The predicted molar refractivity (Wildman–Crippen MR) is 147 cm³/mol. The Hall–Kier alpha value is -3.02. The van der Waals surface area contributed by atoms with E-state index >= 15 is 0 Å². The van der Waals surface area contributed by atoms with Gasteiger partial charge in [-0.1, -0.05) is 30.0 Å². The second-order valence-corrected chi connectivity index (χ2v) is 10.3. The average Bonchev–Trinajstić information content (AvgIpc) is 2.96. The monoisotopic (exact) mass is 539 g/mol. The maximum atomic E-state index is 13.9. The van der Waals surface area contributed by atoms with Gasteiger partial charge in [0.15, 0.2) is 0 Å². The summed E-state index contributed by atoms with van der Waals surface area (Å²) < 4.78 is 41.1. The van der Waals surface area contributed by atoms with E-state index in [1.165, 1.54) is 0 Å². The molecule has 0 amide bonds. The Bertz CT molecular complexity index is 1220. The van der Waals surface area contributed by atoms with Crippen LogP contribution >= 0.6 is 7.37 Å². The van der Waals surface area contributed by atoms with Crippen LogP contribution in [0.25, 0.3) is 0 Å². The zero-order valence-electron chi connectivity index (χ0n) is 21.8. The molecule has 0 fully saturated rings. The number of rotatable bonds is 15. The standard InChI is InChI=1S/C29H34NO7P/c1-3-37-38(32,28-7-5-4-6-8-28)29-22-25(21-26(23-31)30-29)10-9-24-11-13-27(14-12-24)36-20-19-35-18-17-34-16-15-33-2/h4-8,11-14,21-22,31H,3,15-20,23H2,1-2H3. The van der Waals surface area contributed by atoms with E-state index in [-0.39, 0.29) is 18.6 Å². The molecule has 1 unspecified atom stereocenters. The Morgan fingerprint density at radius 1 is 0.842 bits per heavy atom. The first-order chi connectivity index (χ1) is 18.6. The Labute approximate surface area is 224 Å². The van der Waals surface area contributed by atoms with Crippen molar-refractivity contribution in [1.29, 1.82) is 0 Å². The van der Waals surface area contributed by atoms with Gasteiger partial charge in [0.25, 0.3) is 7.37 Å². The van der Waals surface area contributed by atoms with E-state index in [1.807, 2.05) is 30.3 Å². The molecule has 1 aromatic heterocycles. The van der Waals surface area contributed by atoms with Crippen LogP contribution in [0.2, 0.25) is 0 Å². The minimum atomic E-state index is -3.45. The molecule has 0 saturated heterocycles. The van der Waals surface area contributed by atoms with Crippen molar-refractivity contribution in [2.24, 2.45) is 0 Å². The lowest BCUT2D eigenvalue weighted by Crippen LogP contribution is -2.22. The van der Waals surface area contributed by atoms with Crippen LogP contribution in [0.5, 0.6) is 5.75 Å². The zero-order valence-corrected chi connectivity index (χ0v) is 22.7. The number of nitrogens with zero attached hydrogens (tertiary/aromatic N) is 1. The molecule has 0 aliphatic heterocycles. The third kappa shape index (κ3) is 9.07. The van der Waals surface area contributed by atoms with Crippen molar-refractivity contribution >= 4 is 18.1 Å². The first-order valence-electron chi connectivity index (χ1n) is 12.4. The average molecular weight is 540 g/mol. The van der Waals surface area contributed by atoms with Gasteiger partial charge in [0.2, 0.25) is 0 Å². The van der Waals surface area contributed by atoms with Gasteiger partial charge in [-0.2, -0.15) is 0 Å². The zero-order chi connectivity index (χ0) is 27.1. The lowest BCUT2D eigenvalue weighted by atomic mass is 10.2. The number of ether oxygens (including phenoxy) is 4. The van der Waals surface area contributed by atoms with Crippen molar-refractivity contribution in [3.63, 3.8) is 0 Å². The number of aliphatic hydroxyl groups excluding tert-OH is 1. The quantitative estimate of drug-likeness (QED) is 0.179. The Balaban J connectivity index is 1.63. The normalized spacial score (nSPS) is 12.4. The maximum absolute atomic E-state index is 13.9. The summed E-state index contributed by atoms with van der Waals surface area (Å²) in [5, 5.41) is 10.3. The molecule has 202 valence electrons. The van der Waals surface area contributed by atoms with Crippen molar-refractivity contribution in [1.82, 2.24) is 4.98 Å². The van der Waals surface area contributed by atoms with Crippen LogP contribution in [0.15, 0.2) is 66.7 Å². The Kier molecular flexibility index (Phi) is 12.5. The molecule has 1 atom stereocenters. The van der Waals surface area contributed by atoms with E-state index in [0.29, 0.717) is 62.0 Å². The number of methoxy groups -OCH3 is 1. The van der Waals surface area contributed by atoms with E-state index in [2.05, 4.69) is 16.8 Å². The summed E-state index contributed by atoms with van der Waals surface area (Å²) in [6, 6.07) is 19.7. The fourth-order valence-electron chi connectivity index (χ4n) is 3.42. The van der Waals surface area contributed by atoms with E-state index < -0.39 is 7.37 Å². The summed E-state index contributed by atoms with van der Waals surface area (Å²) in [6.45, 7) is 4.76. The van der Waals surface area contributed by atoms with E-state index in [9.17, 15) is 9.67 Å². The molecule has 0 aliphatic rings. The van der Waals surface area contributed by atoms with E-state index in [4.69, 9.17) is 23.5 Å². The summed E-state index contributed by atoms with van der Waals surface area (Å²) in [5.41, 5.74) is 1.99. The number of aliphatic hydroxyl groups is 1. The smallest absolute Gasteiger partial charge is 0.279 e. The van der Waals surface area contributed by atoms with Crippen LogP contribution in [-0.4, -0.2) is 63.4 Å². The molecule has 8 nitrogen and oxygen atoms in total. The van der Waals surface area contributed by atoms with Crippen molar-refractivity contribution in [3.8, 4) is 17.6 Å². The first-order valence-corrected chi connectivity index (χ1v) is 14.0. The fourth-order valence-corrected chi connectivity index (χ4v) is 5.46. The van der Waals surface area contributed by atoms with Crippen LogP contribution in [0, 0.1) is 11.8 Å². The number of pyridine rings is 1. The van der Waals surface area contributed by atoms with Gasteiger partial charge in [-0.15, -0.1) is 0 Å². The summed E-state index contributed by atoms with van der Waals surface area (Å²) in [6.07, 6.45) is 0. The molecule has 3 rings (SSSR count). The molecule has 9 heteroatoms. The second-order valence-electron chi connectivity index (χ2n) is 8.01. The predicted octanol–water partition coefficient (Wildman–Crippen LogP) is 3.30. The molecule has 1 heterocycles. The number of hydrogen-bond acceptors (Lipinski definition) is 8. The minimum absolute atomic E-state index is 0.252. The van der Waals surface area contributed by atoms with Crippen LogP contribution in [0.4, 0.5) is 0 Å². The molecular formula is C29H34NO7P. The minimum Gasteiger partial charge on any atom is -0.491 e. The van der Waals surface area contributed by atoms with Crippen molar-refractivity contribution in [3.05, 3.63) is 83.6 Å². The summed E-state index contributed by atoms with van der Waals surface area (Å²) >= 11 is 0. The van der Waals surface area contributed by atoms with Crippen LogP contribution < -0.4 is 15.5 Å². The SMILES string of the molecule is CCOP(=O)(c1ccccc1)c1cc(C#Cc2ccc(OCCOCCOCCOC)cc2)cc(CO)n1. The van der Waals surface area contributed by atoms with Crippen molar-refractivity contribution < 1.29 is 33.1 Å². The topological polar surface area (TPSA) is 96.3 Å². The fraction of sp³-hybridized carbons (Fsp3) is 0.345. The van der Waals surface area contributed by atoms with E-state index in [0.717, 1.165) is 5.56 Å². The molecule has 3 aromatic rings. The molecule has 0 spiro atoms. The lowest BCUT2D eigenvalue weighted by molar-refractivity contribution is 0.0180. The second kappa shape index (κ2) is 16.1. The molecule has 0 radical (unpaired) electrons. The molecule has 0 aliphatic carbocycles.